The molecule has 0 aliphatic heterocycles. The lowest BCUT2D eigenvalue weighted by Crippen LogP contribution is -2.17. The molecule has 3 heteroatoms. The Bertz CT molecular complexity index is 568. The van der Waals surface area contributed by atoms with E-state index >= 15 is 0 Å². The van der Waals surface area contributed by atoms with Crippen molar-refractivity contribution in [1.82, 2.24) is 5.32 Å². The summed E-state index contributed by atoms with van der Waals surface area (Å²) in [6.45, 7) is 5.10. The van der Waals surface area contributed by atoms with E-state index in [1.807, 2.05) is 24.3 Å². The van der Waals surface area contributed by atoms with E-state index in [2.05, 4.69) is 41.2 Å². The first-order valence-corrected chi connectivity index (χ1v) is 7.20. The number of hydrogen-bond acceptors (Lipinski definition) is 1. The predicted molar refractivity (Wildman–Crippen MR) is 81.6 cm³/mol. The molecule has 0 aromatic heterocycles. The highest BCUT2D eigenvalue weighted by atomic mass is 79.9. The van der Waals surface area contributed by atoms with Crippen LogP contribution in [0.2, 0.25) is 0 Å². The molecule has 0 heterocycles. The van der Waals surface area contributed by atoms with Crippen LogP contribution < -0.4 is 5.32 Å². The van der Waals surface area contributed by atoms with Crippen molar-refractivity contribution in [3.8, 4) is 11.1 Å². The summed E-state index contributed by atoms with van der Waals surface area (Å²) < 4.78 is 14.8. The van der Waals surface area contributed by atoms with Gasteiger partial charge < -0.3 is 5.32 Å². The SMILES string of the molecule is CCNC(C)c1cccc(-c2cc(Br)ccc2F)c1. The topological polar surface area (TPSA) is 12.0 Å². The maximum atomic E-state index is 13.9. The van der Waals surface area contributed by atoms with Crippen molar-refractivity contribution >= 4 is 15.9 Å². The van der Waals surface area contributed by atoms with E-state index in [9.17, 15) is 4.39 Å². The van der Waals surface area contributed by atoms with Crippen molar-refractivity contribution in [2.75, 3.05) is 6.54 Å². The molecule has 0 fully saturated rings. The summed E-state index contributed by atoms with van der Waals surface area (Å²) in [5.74, 6) is -0.198. The maximum absolute atomic E-state index is 13.9. The van der Waals surface area contributed by atoms with Gasteiger partial charge in [0.1, 0.15) is 5.82 Å². The van der Waals surface area contributed by atoms with E-state index in [1.54, 1.807) is 6.07 Å². The van der Waals surface area contributed by atoms with E-state index < -0.39 is 0 Å². The highest BCUT2D eigenvalue weighted by Crippen LogP contribution is 2.28. The van der Waals surface area contributed by atoms with Crippen LogP contribution in [0.25, 0.3) is 11.1 Å². The summed E-state index contributed by atoms with van der Waals surface area (Å²) in [7, 11) is 0. The second-order valence-electron chi connectivity index (χ2n) is 4.53. The summed E-state index contributed by atoms with van der Waals surface area (Å²) in [5.41, 5.74) is 2.69. The molecule has 0 amide bonds. The fourth-order valence-corrected chi connectivity index (χ4v) is 2.48. The maximum Gasteiger partial charge on any atom is 0.131 e. The van der Waals surface area contributed by atoms with Gasteiger partial charge in [-0.2, -0.15) is 0 Å². The van der Waals surface area contributed by atoms with E-state index in [0.29, 0.717) is 5.56 Å². The first kappa shape index (κ1) is 14.2. The van der Waals surface area contributed by atoms with E-state index in [-0.39, 0.29) is 11.9 Å². The van der Waals surface area contributed by atoms with Crippen LogP contribution in [0.1, 0.15) is 25.5 Å². The summed E-state index contributed by atoms with van der Waals surface area (Å²) in [4.78, 5) is 0. The summed E-state index contributed by atoms with van der Waals surface area (Å²) >= 11 is 3.39. The molecule has 0 bridgehead atoms. The molecule has 0 aliphatic rings. The lowest BCUT2D eigenvalue weighted by Gasteiger charge is -2.14. The first-order chi connectivity index (χ1) is 9.11. The van der Waals surface area contributed by atoms with Gasteiger partial charge in [-0.3, -0.25) is 0 Å². The van der Waals surface area contributed by atoms with Gasteiger partial charge in [0.2, 0.25) is 0 Å². The Kier molecular flexibility index (Phi) is 4.72. The lowest BCUT2D eigenvalue weighted by atomic mass is 10.00. The van der Waals surface area contributed by atoms with Gasteiger partial charge in [0.15, 0.2) is 0 Å². The van der Waals surface area contributed by atoms with Crippen LogP contribution in [0.5, 0.6) is 0 Å². The number of benzene rings is 2. The van der Waals surface area contributed by atoms with Gasteiger partial charge in [-0.15, -0.1) is 0 Å². The Labute approximate surface area is 122 Å². The van der Waals surface area contributed by atoms with Gasteiger partial charge in [0, 0.05) is 16.1 Å². The Hall–Kier alpha value is -1.19. The zero-order valence-corrected chi connectivity index (χ0v) is 12.7. The molecule has 1 unspecified atom stereocenters. The van der Waals surface area contributed by atoms with Crippen LogP contribution in [0.15, 0.2) is 46.9 Å². The molecule has 0 spiro atoms. The molecule has 1 N–H and O–H groups in total. The average Bonchev–Trinajstić information content (AvgIpc) is 2.42. The largest absolute Gasteiger partial charge is 0.310 e. The Balaban J connectivity index is 2.40. The van der Waals surface area contributed by atoms with Gasteiger partial charge in [-0.1, -0.05) is 41.1 Å². The van der Waals surface area contributed by atoms with E-state index in [4.69, 9.17) is 0 Å². The van der Waals surface area contributed by atoms with Crippen LogP contribution in [0.4, 0.5) is 4.39 Å². The second kappa shape index (κ2) is 6.31. The molecule has 19 heavy (non-hydrogen) atoms. The quantitative estimate of drug-likeness (QED) is 0.842. The second-order valence-corrected chi connectivity index (χ2v) is 5.44. The van der Waals surface area contributed by atoms with Crippen LogP contribution in [-0.2, 0) is 0 Å². The van der Waals surface area contributed by atoms with Crippen molar-refractivity contribution in [2.45, 2.75) is 19.9 Å². The predicted octanol–water partition coefficient (Wildman–Crippen LogP) is 4.93. The van der Waals surface area contributed by atoms with Crippen LogP contribution in [0.3, 0.4) is 0 Å². The molecule has 2 rings (SSSR count). The molecular weight excluding hydrogens is 305 g/mol. The smallest absolute Gasteiger partial charge is 0.131 e. The van der Waals surface area contributed by atoms with Crippen LogP contribution in [0, 0.1) is 5.82 Å². The Morgan fingerprint density at radius 2 is 2.00 bits per heavy atom. The zero-order chi connectivity index (χ0) is 13.8. The van der Waals surface area contributed by atoms with Gasteiger partial charge in [0.05, 0.1) is 0 Å². The number of halogens is 2. The molecule has 100 valence electrons. The molecule has 2 aromatic carbocycles. The summed E-state index contributed by atoms with van der Waals surface area (Å²) in [6, 6.07) is 13.3. The third kappa shape index (κ3) is 3.43. The zero-order valence-electron chi connectivity index (χ0n) is 11.1. The molecule has 1 nitrogen and oxygen atoms in total. The van der Waals surface area contributed by atoms with E-state index in [0.717, 1.165) is 16.6 Å². The number of hydrogen-bond donors (Lipinski definition) is 1. The minimum Gasteiger partial charge on any atom is -0.310 e. The van der Waals surface area contributed by atoms with Crippen molar-refractivity contribution in [3.63, 3.8) is 0 Å². The van der Waals surface area contributed by atoms with Gasteiger partial charge >= 0.3 is 0 Å². The standard InChI is InChI=1S/C16H17BrFN/c1-3-19-11(2)12-5-4-6-13(9-12)15-10-14(17)7-8-16(15)18/h4-11,19H,3H2,1-2H3. The third-order valence-corrected chi connectivity index (χ3v) is 3.63. The van der Waals surface area contributed by atoms with Gasteiger partial charge in [-0.05, 0) is 48.9 Å². The Morgan fingerprint density at radius 3 is 2.74 bits per heavy atom. The molecule has 0 saturated heterocycles. The van der Waals surface area contributed by atoms with Crippen LogP contribution in [-0.4, -0.2) is 6.54 Å². The molecular formula is C16H17BrFN. The monoisotopic (exact) mass is 321 g/mol. The highest BCUT2D eigenvalue weighted by molar-refractivity contribution is 9.10. The minimum atomic E-state index is -0.198. The van der Waals surface area contributed by atoms with Crippen molar-refractivity contribution in [2.24, 2.45) is 0 Å². The van der Waals surface area contributed by atoms with E-state index in [1.165, 1.54) is 11.6 Å². The minimum absolute atomic E-state index is 0.198. The Morgan fingerprint density at radius 1 is 1.21 bits per heavy atom. The van der Waals surface area contributed by atoms with Crippen molar-refractivity contribution in [1.29, 1.82) is 0 Å². The fourth-order valence-electron chi connectivity index (χ4n) is 2.12. The normalized spacial score (nSPS) is 12.4. The highest BCUT2D eigenvalue weighted by Gasteiger charge is 2.09. The summed E-state index contributed by atoms with van der Waals surface area (Å²) in [5, 5.41) is 3.36. The van der Waals surface area contributed by atoms with Crippen LogP contribution >= 0.6 is 15.9 Å². The summed E-state index contributed by atoms with van der Waals surface area (Å²) in [6.07, 6.45) is 0. The molecule has 0 saturated carbocycles. The van der Waals surface area contributed by atoms with Gasteiger partial charge in [-0.25, -0.2) is 4.39 Å². The third-order valence-electron chi connectivity index (χ3n) is 3.14. The molecule has 0 radical (unpaired) electrons. The lowest BCUT2D eigenvalue weighted by molar-refractivity contribution is 0.598. The van der Waals surface area contributed by atoms with Crippen molar-refractivity contribution < 1.29 is 4.39 Å². The molecule has 1 atom stereocenters. The first-order valence-electron chi connectivity index (χ1n) is 6.40. The molecule has 2 aromatic rings. The van der Waals surface area contributed by atoms with Gasteiger partial charge in [0.25, 0.3) is 0 Å². The fraction of sp³-hybridized carbons (Fsp3) is 0.250. The number of rotatable bonds is 4. The van der Waals surface area contributed by atoms with Crippen molar-refractivity contribution in [3.05, 3.63) is 58.3 Å². The molecule has 0 aliphatic carbocycles. The average molecular weight is 322 g/mol. The number of nitrogens with one attached hydrogen (secondary N) is 1.